The molecule has 1 aliphatic heterocycles. The molecule has 1 aromatic rings. The standard InChI is InChI=1S/C20H29N3O3/c1-15(24)22-17-7-8-19(21-14-17)26-18-9-11-23(12-10-18)20(25)13-16-5-3-2-4-6-16/h7-8,14,16,18H,2-6,9-13H2,1H3,(H,22,24). The van der Waals surface area contributed by atoms with E-state index in [-0.39, 0.29) is 12.0 Å². The zero-order chi connectivity index (χ0) is 18.4. The van der Waals surface area contributed by atoms with Crippen molar-refractivity contribution in [3.05, 3.63) is 18.3 Å². The highest BCUT2D eigenvalue weighted by Crippen LogP contribution is 2.27. The fraction of sp³-hybridized carbons (Fsp3) is 0.650. The first-order chi connectivity index (χ1) is 12.6. The molecule has 0 atom stereocenters. The van der Waals surface area contributed by atoms with Gasteiger partial charge in [0.1, 0.15) is 6.10 Å². The second-order valence-corrected chi connectivity index (χ2v) is 7.47. The second-order valence-electron chi connectivity index (χ2n) is 7.47. The Morgan fingerprint density at radius 2 is 1.88 bits per heavy atom. The van der Waals surface area contributed by atoms with E-state index in [1.807, 2.05) is 4.90 Å². The van der Waals surface area contributed by atoms with Crippen LogP contribution in [-0.2, 0) is 9.59 Å². The SMILES string of the molecule is CC(=O)Nc1ccc(OC2CCN(C(=O)CC3CCCCC3)CC2)nc1. The molecule has 0 aromatic carbocycles. The van der Waals surface area contributed by atoms with Gasteiger partial charge in [-0.1, -0.05) is 19.3 Å². The van der Waals surface area contributed by atoms with Crippen molar-refractivity contribution in [3.8, 4) is 5.88 Å². The summed E-state index contributed by atoms with van der Waals surface area (Å²) in [6.45, 7) is 2.99. The van der Waals surface area contributed by atoms with Crippen molar-refractivity contribution < 1.29 is 14.3 Å². The van der Waals surface area contributed by atoms with E-state index in [9.17, 15) is 9.59 Å². The minimum atomic E-state index is -0.120. The quantitative estimate of drug-likeness (QED) is 0.875. The molecule has 2 aliphatic rings. The number of carbonyl (C=O) groups is 2. The predicted molar refractivity (Wildman–Crippen MR) is 100.0 cm³/mol. The van der Waals surface area contributed by atoms with Crippen LogP contribution in [0.2, 0.25) is 0 Å². The lowest BCUT2D eigenvalue weighted by Gasteiger charge is -2.33. The molecule has 1 saturated heterocycles. The van der Waals surface area contributed by atoms with Gasteiger partial charge in [-0.15, -0.1) is 0 Å². The number of amides is 2. The summed E-state index contributed by atoms with van der Waals surface area (Å²) in [5.41, 5.74) is 0.660. The van der Waals surface area contributed by atoms with Crippen molar-refractivity contribution in [2.45, 2.75) is 64.4 Å². The topological polar surface area (TPSA) is 71.5 Å². The van der Waals surface area contributed by atoms with Crippen LogP contribution < -0.4 is 10.1 Å². The number of aromatic nitrogens is 1. The van der Waals surface area contributed by atoms with Crippen LogP contribution in [0, 0.1) is 5.92 Å². The van der Waals surface area contributed by atoms with E-state index in [0.717, 1.165) is 32.4 Å². The number of piperidine rings is 1. The minimum Gasteiger partial charge on any atom is -0.474 e. The molecule has 2 heterocycles. The third-order valence-corrected chi connectivity index (χ3v) is 5.33. The smallest absolute Gasteiger partial charge is 0.222 e. The van der Waals surface area contributed by atoms with E-state index < -0.39 is 0 Å². The minimum absolute atomic E-state index is 0.0906. The lowest BCUT2D eigenvalue weighted by Crippen LogP contribution is -2.42. The number of ether oxygens (including phenoxy) is 1. The van der Waals surface area contributed by atoms with Crippen molar-refractivity contribution in [1.29, 1.82) is 0 Å². The molecule has 0 spiro atoms. The van der Waals surface area contributed by atoms with Gasteiger partial charge in [0.2, 0.25) is 17.7 Å². The summed E-state index contributed by atoms with van der Waals surface area (Å²) < 4.78 is 5.93. The summed E-state index contributed by atoms with van der Waals surface area (Å²) in [5, 5.41) is 2.69. The molecular weight excluding hydrogens is 330 g/mol. The van der Waals surface area contributed by atoms with Crippen molar-refractivity contribution in [1.82, 2.24) is 9.88 Å². The molecule has 2 fully saturated rings. The fourth-order valence-electron chi connectivity index (χ4n) is 3.89. The largest absolute Gasteiger partial charge is 0.474 e. The Balaban J connectivity index is 1.41. The van der Waals surface area contributed by atoms with E-state index in [1.54, 1.807) is 18.3 Å². The first kappa shape index (κ1) is 18.7. The molecule has 2 amide bonds. The molecular formula is C20H29N3O3. The highest BCUT2D eigenvalue weighted by Gasteiger charge is 2.26. The third kappa shape index (κ3) is 5.44. The maximum absolute atomic E-state index is 12.5. The molecule has 1 saturated carbocycles. The summed E-state index contributed by atoms with van der Waals surface area (Å²) in [6.07, 6.45) is 10.4. The van der Waals surface area contributed by atoms with Crippen LogP contribution in [0.1, 0.15) is 58.3 Å². The van der Waals surface area contributed by atoms with E-state index >= 15 is 0 Å². The molecule has 1 aromatic heterocycles. The number of nitrogens with one attached hydrogen (secondary N) is 1. The summed E-state index contributed by atoms with van der Waals surface area (Å²) in [6, 6.07) is 3.55. The van der Waals surface area contributed by atoms with E-state index in [0.29, 0.717) is 23.4 Å². The van der Waals surface area contributed by atoms with Gasteiger partial charge in [-0.05, 0) is 24.8 Å². The fourth-order valence-corrected chi connectivity index (χ4v) is 3.89. The zero-order valence-electron chi connectivity index (χ0n) is 15.6. The second kappa shape index (κ2) is 9.01. The number of carbonyl (C=O) groups excluding carboxylic acids is 2. The number of rotatable bonds is 5. The average Bonchev–Trinajstić information content (AvgIpc) is 2.64. The molecule has 142 valence electrons. The van der Waals surface area contributed by atoms with Crippen molar-refractivity contribution in [2.75, 3.05) is 18.4 Å². The summed E-state index contributed by atoms with van der Waals surface area (Å²) in [5.74, 6) is 1.35. The van der Waals surface area contributed by atoms with Crippen LogP contribution in [0.3, 0.4) is 0 Å². The molecule has 6 nitrogen and oxygen atoms in total. The molecule has 1 aliphatic carbocycles. The Hall–Kier alpha value is -2.11. The van der Waals surface area contributed by atoms with Crippen LogP contribution in [-0.4, -0.2) is 40.9 Å². The van der Waals surface area contributed by atoms with Gasteiger partial charge >= 0.3 is 0 Å². The van der Waals surface area contributed by atoms with Gasteiger partial charge in [-0.3, -0.25) is 9.59 Å². The molecule has 6 heteroatoms. The molecule has 0 unspecified atom stereocenters. The van der Waals surface area contributed by atoms with Crippen molar-refractivity contribution in [2.24, 2.45) is 5.92 Å². The van der Waals surface area contributed by atoms with Gasteiger partial charge in [0.25, 0.3) is 0 Å². The number of anilines is 1. The Labute approximate surface area is 155 Å². The number of nitrogens with zero attached hydrogens (tertiary/aromatic N) is 2. The maximum Gasteiger partial charge on any atom is 0.222 e. The van der Waals surface area contributed by atoms with Crippen LogP contribution in [0.5, 0.6) is 5.88 Å². The molecule has 3 rings (SSSR count). The number of pyridine rings is 1. The van der Waals surface area contributed by atoms with Gasteiger partial charge < -0.3 is 15.0 Å². The molecule has 26 heavy (non-hydrogen) atoms. The molecule has 0 radical (unpaired) electrons. The Morgan fingerprint density at radius 3 is 2.50 bits per heavy atom. The molecule has 1 N–H and O–H groups in total. The normalized spacial score (nSPS) is 19.2. The first-order valence-corrected chi connectivity index (χ1v) is 9.78. The molecule has 0 bridgehead atoms. The van der Waals surface area contributed by atoms with Crippen LogP contribution >= 0.6 is 0 Å². The summed E-state index contributed by atoms with van der Waals surface area (Å²) in [7, 11) is 0. The lowest BCUT2D eigenvalue weighted by molar-refractivity contribution is -0.134. The summed E-state index contributed by atoms with van der Waals surface area (Å²) >= 11 is 0. The van der Waals surface area contributed by atoms with E-state index in [4.69, 9.17) is 4.74 Å². The first-order valence-electron chi connectivity index (χ1n) is 9.78. The van der Waals surface area contributed by atoms with Gasteiger partial charge in [-0.25, -0.2) is 4.98 Å². The zero-order valence-corrected chi connectivity index (χ0v) is 15.6. The predicted octanol–water partition coefficient (Wildman–Crippen LogP) is 3.38. The third-order valence-electron chi connectivity index (χ3n) is 5.33. The Morgan fingerprint density at radius 1 is 1.15 bits per heavy atom. The summed E-state index contributed by atoms with van der Waals surface area (Å²) in [4.78, 5) is 29.8. The van der Waals surface area contributed by atoms with Gasteiger partial charge in [-0.2, -0.15) is 0 Å². The van der Waals surface area contributed by atoms with E-state index in [2.05, 4.69) is 10.3 Å². The number of hydrogen-bond donors (Lipinski definition) is 1. The van der Waals surface area contributed by atoms with Crippen molar-refractivity contribution >= 4 is 17.5 Å². The monoisotopic (exact) mass is 359 g/mol. The number of likely N-dealkylation sites (tertiary alicyclic amines) is 1. The highest BCUT2D eigenvalue weighted by molar-refractivity contribution is 5.88. The number of hydrogen-bond acceptors (Lipinski definition) is 4. The van der Waals surface area contributed by atoms with Crippen LogP contribution in [0.25, 0.3) is 0 Å². The van der Waals surface area contributed by atoms with Crippen molar-refractivity contribution in [3.63, 3.8) is 0 Å². The van der Waals surface area contributed by atoms with Gasteiger partial charge in [0, 0.05) is 45.3 Å². The Bertz CT molecular complexity index is 603. The highest BCUT2D eigenvalue weighted by atomic mass is 16.5. The van der Waals surface area contributed by atoms with Gasteiger partial charge in [0.05, 0.1) is 11.9 Å². The maximum atomic E-state index is 12.5. The Kier molecular flexibility index (Phi) is 6.47. The van der Waals surface area contributed by atoms with Crippen LogP contribution in [0.4, 0.5) is 5.69 Å². The van der Waals surface area contributed by atoms with E-state index in [1.165, 1.54) is 39.0 Å². The van der Waals surface area contributed by atoms with Gasteiger partial charge in [0.15, 0.2) is 0 Å². The lowest BCUT2D eigenvalue weighted by atomic mass is 9.86. The average molecular weight is 359 g/mol. The van der Waals surface area contributed by atoms with Crippen LogP contribution in [0.15, 0.2) is 18.3 Å².